The van der Waals surface area contributed by atoms with E-state index >= 15 is 0 Å². The van der Waals surface area contributed by atoms with Gasteiger partial charge in [-0.1, -0.05) is 19.1 Å². The number of benzene rings is 2. The van der Waals surface area contributed by atoms with Crippen LogP contribution in [-0.4, -0.2) is 23.5 Å². The Kier molecular flexibility index (Phi) is 5.30. The van der Waals surface area contributed by atoms with Crippen molar-refractivity contribution in [1.29, 1.82) is 0 Å². The summed E-state index contributed by atoms with van der Waals surface area (Å²) < 4.78 is 13.4. The van der Waals surface area contributed by atoms with Crippen LogP contribution >= 0.6 is 0 Å². The number of phenolic OH excluding ortho intramolecular Hbond substituents is 1. The summed E-state index contributed by atoms with van der Waals surface area (Å²) >= 11 is 0. The monoisotopic (exact) mass is 316 g/mol. The van der Waals surface area contributed by atoms with Crippen molar-refractivity contribution in [3.8, 4) is 5.75 Å². The average molecular weight is 316 g/mol. The molecule has 2 amide bonds. The van der Waals surface area contributed by atoms with Gasteiger partial charge in [-0.25, -0.2) is 4.39 Å². The summed E-state index contributed by atoms with van der Waals surface area (Å²) in [6.07, 6.45) is 0.737. The van der Waals surface area contributed by atoms with Gasteiger partial charge < -0.3 is 15.7 Å². The SMILES string of the molecule is CCCNC(=O)c1cc(F)ccc1NC(=O)c1ccccc1O. The Morgan fingerprint density at radius 1 is 1.09 bits per heavy atom. The van der Waals surface area contributed by atoms with Crippen molar-refractivity contribution in [3.63, 3.8) is 0 Å². The maximum atomic E-state index is 13.4. The summed E-state index contributed by atoms with van der Waals surface area (Å²) in [5, 5.41) is 14.9. The molecule has 0 atom stereocenters. The molecule has 0 saturated heterocycles. The Morgan fingerprint density at radius 2 is 1.83 bits per heavy atom. The lowest BCUT2D eigenvalue weighted by Gasteiger charge is -2.12. The average Bonchev–Trinajstić information content (AvgIpc) is 2.54. The van der Waals surface area contributed by atoms with E-state index in [4.69, 9.17) is 0 Å². The van der Waals surface area contributed by atoms with E-state index < -0.39 is 17.6 Å². The zero-order valence-corrected chi connectivity index (χ0v) is 12.6. The second-order valence-electron chi connectivity index (χ2n) is 4.92. The number of amides is 2. The lowest BCUT2D eigenvalue weighted by Crippen LogP contribution is -2.26. The fourth-order valence-electron chi connectivity index (χ4n) is 2.00. The number of nitrogens with one attached hydrogen (secondary N) is 2. The van der Waals surface area contributed by atoms with Crippen LogP contribution in [0.1, 0.15) is 34.1 Å². The first kappa shape index (κ1) is 16.5. The highest BCUT2D eigenvalue weighted by molar-refractivity contribution is 6.10. The minimum Gasteiger partial charge on any atom is -0.507 e. The third-order valence-corrected chi connectivity index (χ3v) is 3.16. The van der Waals surface area contributed by atoms with E-state index in [1.54, 1.807) is 12.1 Å². The normalized spacial score (nSPS) is 10.2. The van der Waals surface area contributed by atoms with Crippen LogP contribution in [0.3, 0.4) is 0 Å². The van der Waals surface area contributed by atoms with E-state index in [2.05, 4.69) is 10.6 Å². The van der Waals surface area contributed by atoms with E-state index in [9.17, 15) is 19.1 Å². The molecule has 0 radical (unpaired) electrons. The standard InChI is InChI=1S/C17H17FN2O3/c1-2-9-19-16(22)13-10-11(18)7-8-14(13)20-17(23)12-5-3-4-6-15(12)21/h3-8,10,21H,2,9H2,1H3,(H,19,22)(H,20,23). The largest absolute Gasteiger partial charge is 0.507 e. The first-order valence-corrected chi connectivity index (χ1v) is 7.20. The van der Waals surface area contributed by atoms with Crippen molar-refractivity contribution < 1.29 is 19.1 Å². The lowest BCUT2D eigenvalue weighted by molar-refractivity contribution is 0.0954. The van der Waals surface area contributed by atoms with Gasteiger partial charge in [0.1, 0.15) is 11.6 Å². The van der Waals surface area contributed by atoms with E-state index in [1.165, 1.54) is 18.2 Å². The van der Waals surface area contributed by atoms with Crippen LogP contribution < -0.4 is 10.6 Å². The molecule has 2 aromatic rings. The van der Waals surface area contributed by atoms with E-state index in [-0.39, 0.29) is 22.6 Å². The maximum absolute atomic E-state index is 13.4. The summed E-state index contributed by atoms with van der Waals surface area (Å²) in [6, 6.07) is 9.55. The first-order chi connectivity index (χ1) is 11.0. The van der Waals surface area contributed by atoms with Gasteiger partial charge in [-0.05, 0) is 36.8 Å². The summed E-state index contributed by atoms with van der Waals surface area (Å²) in [6.45, 7) is 2.34. The summed E-state index contributed by atoms with van der Waals surface area (Å²) in [7, 11) is 0. The molecule has 0 bridgehead atoms. The molecule has 5 nitrogen and oxygen atoms in total. The Morgan fingerprint density at radius 3 is 2.52 bits per heavy atom. The van der Waals surface area contributed by atoms with Gasteiger partial charge in [-0.3, -0.25) is 9.59 Å². The Bertz CT molecular complexity index is 732. The Hall–Kier alpha value is -2.89. The molecule has 3 N–H and O–H groups in total. The van der Waals surface area contributed by atoms with Crippen molar-refractivity contribution >= 4 is 17.5 Å². The predicted molar refractivity (Wildman–Crippen MR) is 85.1 cm³/mol. The van der Waals surface area contributed by atoms with Crippen molar-refractivity contribution in [3.05, 3.63) is 59.4 Å². The number of carbonyl (C=O) groups is 2. The number of aromatic hydroxyl groups is 1. The molecule has 0 heterocycles. The van der Waals surface area contributed by atoms with Gasteiger partial charge in [0, 0.05) is 6.54 Å². The van der Waals surface area contributed by atoms with Crippen LogP contribution in [0.2, 0.25) is 0 Å². The smallest absolute Gasteiger partial charge is 0.259 e. The number of phenols is 1. The zero-order valence-electron chi connectivity index (χ0n) is 12.6. The molecule has 0 aliphatic carbocycles. The molecule has 0 unspecified atom stereocenters. The van der Waals surface area contributed by atoms with Crippen LogP contribution in [0.5, 0.6) is 5.75 Å². The lowest BCUT2D eigenvalue weighted by atomic mass is 10.1. The quantitative estimate of drug-likeness (QED) is 0.793. The molecule has 0 aromatic heterocycles. The van der Waals surface area contributed by atoms with Gasteiger partial charge in [0.15, 0.2) is 0 Å². The Balaban J connectivity index is 2.27. The maximum Gasteiger partial charge on any atom is 0.259 e. The number of carbonyl (C=O) groups excluding carboxylic acids is 2. The topological polar surface area (TPSA) is 78.4 Å². The molecule has 2 aromatic carbocycles. The molecule has 23 heavy (non-hydrogen) atoms. The second kappa shape index (κ2) is 7.40. The van der Waals surface area contributed by atoms with Crippen molar-refractivity contribution in [2.45, 2.75) is 13.3 Å². The number of hydrogen-bond acceptors (Lipinski definition) is 3. The molecular formula is C17H17FN2O3. The molecule has 0 spiro atoms. The molecule has 0 aliphatic rings. The molecule has 0 fully saturated rings. The fraction of sp³-hybridized carbons (Fsp3) is 0.176. The molecule has 120 valence electrons. The van der Waals surface area contributed by atoms with Gasteiger partial charge in [0.2, 0.25) is 0 Å². The van der Waals surface area contributed by atoms with Gasteiger partial charge >= 0.3 is 0 Å². The predicted octanol–water partition coefficient (Wildman–Crippen LogP) is 2.92. The molecule has 0 saturated carbocycles. The summed E-state index contributed by atoms with van der Waals surface area (Å²) in [5.41, 5.74) is 0.271. The van der Waals surface area contributed by atoms with Crippen molar-refractivity contribution in [2.75, 3.05) is 11.9 Å². The highest BCUT2D eigenvalue weighted by atomic mass is 19.1. The Labute approximate surface area is 133 Å². The third-order valence-electron chi connectivity index (χ3n) is 3.16. The van der Waals surface area contributed by atoms with Crippen molar-refractivity contribution in [1.82, 2.24) is 5.32 Å². The minimum atomic E-state index is -0.584. The van der Waals surface area contributed by atoms with Gasteiger partial charge in [-0.15, -0.1) is 0 Å². The molecular weight excluding hydrogens is 299 g/mol. The van der Waals surface area contributed by atoms with Crippen LogP contribution in [0.4, 0.5) is 10.1 Å². The number of anilines is 1. The summed E-state index contributed by atoms with van der Waals surface area (Å²) in [4.78, 5) is 24.3. The molecule has 6 heteroatoms. The van der Waals surface area contributed by atoms with Crippen molar-refractivity contribution in [2.24, 2.45) is 0 Å². The first-order valence-electron chi connectivity index (χ1n) is 7.20. The van der Waals surface area contributed by atoms with Crippen LogP contribution in [0.15, 0.2) is 42.5 Å². The van der Waals surface area contributed by atoms with Crippen LogP contribution in [0.25, 0.3) is 0 Å². The fourth-order valence-corrected chi connectivity index (χ4v) is 2.00. The third kappa shape index (κ3) is 4.06. The van der Waals surface area contributed by atoms with Crippen LogP contribution in [0, 0.1) is 5.82 Å². The number of halogens is 1. The highest BCUT2D eigenvalue weighted by Crippen LogP contribution is 2.21. The van der Waals surface area contributed by atoms with Gasteiger partial charge in [0.05, 0.1) is 16.8 Å². The van der Waals surface area contributed by atoms with Gasteiger partial charge in [-0.2, -0.15) is 0 Å². The van der Waals surface area contributed by atoms with Crippen LogP contribution in [-0.2, 0) is 0 Å². The molecule has 2 rings (SSSR count). The number of rotatable bonds is 5. The zero-order chi connectivity index (χ0) is 16.8. The molecule has 0 aliphatic heterocycles. The second-order valence-corrected chi connectivity index (χ2v) is 4.92. The van der Waals surface area contributed by atoms with E-state index in [1.807, 2.05) is 6.92 Å². The van der Waals surface area contributed by atoms with E-state index in [0.717, 1.165) is 18.6 Å². The van der Waals surface area contributed by atoms with E-state index in [0.29, 0.717) is 6.54 Å². The number of hydrogen-bond donors (Lipinski definition) is 3. The van der Waals surface area contributed by atoms with Gasteiger partial charge in [0.25, 0.3) is 11.8 Å². The highest BCUT2D eigenvalue weighted by Gasteiger charge is 2.16. The number of para-hydroxylation sites is 1. The summed E-state index contributed by atoms with van der Waals surface area (Å²) in [5.74, 6) is -1.81. The minimum absolute atomic E-state index is 0.0298.